The van der Waals surface area contributed by atoms with Crippen LogP contribution in [-0.4, -0.2) is 38.1 Å². The fourth-order valence-corrected chi connectivity index (χ4v) is 1.92. The molecule has 21 heavy (non-hydrogen) atoms. The summed E-state index contributed by atoms with van der Waals surface area (Å²) in [5.41, 5.74) is 6.93. The molecular weight excluding hydrogens is 294 g/mol. The SMILES string of the molecule is COC(CN)CC(=O)NCC(=O)Nc1ccc(C)cc1Cl. The van der Waals surface area contributed by atoms with Crippen molar-refractivity contribution in [3.8, 4) is 0 Å². The molecule has 0 saturated heterocycles. The van der Waals surface area contributed by atoms with Gasteiger partial charge in [-0.05, 0) is 24.6 Å². The summed E-state index contributed by atoms with van der Waals surface area (Å²) in [5, 5.41) is 5.59. The molecule has 7 heteroatoms. The normalized spacial score (nSPS) is 11.8. The van der Waals surface area contributed by atoms with Gasteiger partial charge in [0.15, 0.2) is 0 Å². The largest absolute Gasteiger partial charge is 0.380 e. The van der Waals surface area contributed by atoms with Crippen molar-refractivity contribution in [2.75, 3.05) is 25.5 Å². The number of benzene rings is 1. The molecule has 0 spiro atoms. The number of methoxy groups -OCH3 is 1. The van der Waals surface area contributed by atoms with Crippen LogP contribution in [0.3, 0.4) is 0 Å². The number of carbonyl (C=O) groups excluding carboxylic acids is 2. The van der Waals surface area contributed by atoms with E-state index in [2.05, 4.69) is 10.6 Å². The van der Waals surface area contributed by atoms with Gasteiger partial charge in [-0.3, -0.25) is 9.59 Å². The van der Waals surface area contributed by atoms with Crippen LogP contribution in [0.2, 0.25) is 5.02 Å². The molecule has 4 N–H and O–H groups in total. The van der Waals surface area contributed by atoms with Crippen LogP contribution < -0.4 is 16.4 Å². The Labute approximate surface area is 129 Å². The lowest BCUT2D eigenvalue weighted by Crippen LogP contribution is -2.36. The standard InChI is InChI=1S/C14H20ClN3O3/c1-9-3-4-12(11(15)5-9)18-14(20)8-17-13(19)6-10(7-16)21-2/h3-5,10H,6-8,16H2,1-2H3,(H,17,19)(H,18,20). The molecule has 0 bridgehead atoms. The van der Waals surface area contributed by atoms with Crippen LogP contribution in [-0.2, 0) is 14.3 Å². The summed E-state index contributed by atoms with van der Waals surface area (Å²) in [6.45, 7) is 2.01. The van der Waals surface area contributed by atoms with Crippen LogP contribution in [0.5, 0.6) is 0 Å². The van der Waals surface area contributed by atoms with Crippen molar-refractivity contribution in [1.29, 1.82) is 0 Å². The molecule has 6 nitrogen and oxygen atoms in total. The van der Waals surface area contributed by atoms with Gasteiger partial charge < -0.3 is 21.1 Å². The van der Waals surface area contributed by atoms with Gasteiger partial charge in [-0.15, -0.1) is 0 Å². The first-order valence-electron chi connectivity index (χ1n) is 6.51. The van der Waals surface area contributed by atoms with Crippen LogP contribution in [0.4, 0.5) is 5.69 Å². The summed E-state index contributed by atoms with van der Waals surface area (Å²) in [6.07, 6.45) is -0.231. The van der Waals surface area contributed by atoms with E-state index in [4.69, 9.17) is 22.1 Å². The minimum absolute atomic E-state index is 0.117. The highest BCUT2D eigenvalue weighted by Gasteiger charge is 2.13. The Hall–Kier alpha value is -1.63. The van der Waals surface area contributed by atoms with Crippen molar-refractivity contribution >= 4 is 29.1 Å². The van der Waals surface area contributed by atoms with Gasteiger partial charge in [-0.2, -0.15) is 0 Å². The quantitative estimate of drug-likeness (QED) is 0.702. The molecule has 0 radical (unpaired) electrons. The van der Waals surface area contributed by atoms with Gasteiger partial charge in [0.1, 0.15) is 0 Å². The number of amides is 2. The highest BCUT2D eigenvalue weighted by molar-refractivity contribution is 6.33. The molecule has 0 fully saturated rings. The highest BCUT2D eigenvalue weighted by Crippen LogP contribution is 2.22. The average molecular weight is 314 g/mol. The third kappa shape index (κ3) is 6.12. The molecule has 2 amide bonds. The van der Waals surface area contributed by atoms with Gasteiger partial charge >= 0.3 is 0 Å². The summed E-state index contributed by atoms with van der Waals surface area (Å²) in [6, 6.07) is 5.30. The number of halogens is 1. The van der Waals surface area contributed by atoms with E-state index in [9.17, 15) is 9.59 Å². The first-order valence-corrected chi connectivity index (χ1v) is 6.89. The smallest absolute Gasteiger partial charge is 0.243 e. The molecule has 0 aliphatic rings. The number of aryl methyl sites for hydroxylation is 1. The van der Waals surface area contributed by atoms with Crippen molar-refractivity contribution < 1.29 is 14.3 Å². The Kier molecular flexibility index (Phi) is 7.14. The summed E-state index contributed by atoms with van der Waals surface area (Å²) in [5.74, 6) is -0.645. The van der Waals surface area contributed by atoms with Crippen molar-refractivity contribution in [2.45, 2.75) is 19.4 Å². The molecule has 0 heterocycles. The number of hydrogen-bond acceptors (Lipinski definition) is 4. The third-order valence-electron chi connectivity index (χ3n) is 2.85. The molecule has 0 aromatic heterocycles. The van der Waals surface area contributed by atoms with Crippen molar-refractivity contribution in [3.63, 3.8) is 0 Å². The lowest BCUT2D eigenvalue weighted by molar-refractivity contribution is -0.125. The zero-order valence-electron chi connectivity index (χ0n) is 12.1. The summed E-state index contributed by atoms with van der Waals surface area (Å²) < 4.78 is 5.00. The first kappa shape index (κ1) is 17.4. The van der Waals surface area contributed by atoms with Crippen molar-refractivity contribution in [2.24, 2.45) is 5.73 Å². The summed E-state index contributed by atoms with van der Waals surface area (Å²) in [7, 11) is 1.48. The van der Waals surface area contributed by atoms with E-state index in [0.29, 0.717) is 10.7 Å². The maximum absolute atomic E-state index is 11.7. The van der Waals surface area contributed by atoms with Crippen LogP contribution in [0.1, 0.15) is 12.0 Å². The van der Waals surface area contributed by atoms with Gasteiger partial charge in [-0.1, -0.05) is 17.7 Å². The van der Waals surface area contributed by atoms with E-state index in [1.54, 1.807) is 12.1 Å². The maximum atomic E-state index is 11.7. The van der Waals surface area contributed by atoms with Crippen LogP contribution in [0.25, 0.3) is 0 Å². The zero-order chi connectivity index (χ0) is 15.8. The van der Waals surface area contributed by atoms with Crippen molar-refractivity contribution in [1.82, 2.24) is 5.32 Å². The number of nitrogens with two attached hydrogens (primary N) is 1. The molecule has 0 aliphatic carbocycles. The van der Waals surface area contributed by atoms with E-state index in [1.165, 1.54) is 7.11 Å². The Morgan fingerprint density at radius 1 is 1.38 bits per heavy atom. The van der Waals surface area contributed by atoms with Crippen LogP contribution in [0, 0.1) is 6.92 Å². The van der Waals surface area contributed by atoms with E-state index >= 15 is 0 Å². The molecule has 1 aromatic rings. The molecule has 1 unspecified atom stereocenters. The molecule has 0 aliphatic heterocycles. The van der Waals surface area contributed by atoms with Gasteiger partial charge in [0.25, 0.3) is 0 Å². The van der Waals surface area contributed by atoms with Gasteiger partial charge in [0.2, 0.25) is 11.8 Å². The second-order valence-electron chi connectivity index (χ2n) is 4.61. The number of ether oxygens (including phenoxy) is 1. The number of carbonyl (C=O) groups is 2. The van der Waals surface area contributed by atoms with Crippen LogP contribution in [0.15, 0.2) is 18.2 Å². The summed E-state index contributed by atoms with van der Waals surface area (Å²) in [4.78, 5) is 23.3. The molecular formula is C14H20ClN3O3. The Bertz CT molecular complexity index is 504. The summed E-state index contributed by atoms with van der Waals surface area (Å²) >= 11 is 6.01. The number of hydrogen-bond donors (Lipinski definition) is 3. The van der Waals surface area contributed by atoms with E-state index in [-0.39, 0.29) is 37.4 Å². The fourth-order valence-electron chi connectivity index (χ4n) is 1.64. The van der Waals surface area contributed by atoms with Gasteiger partial charge in [0.05, 0.1) is 29.8 Å². The second kappa shape index (κ2) is 8.61. The van der Waals surface area contributed by atoms with Gasteiger partial charge in [-0.25, -0.2) is 0 Å². The molecule has 0 saturated carbocycles. The van der Waals surface area contributed by atoms with Crippen LogP contribution >= 0.6 is 11.6 Å². The molecule has 1 aromatic carbocycles. The minimum atomic E-state index is -0.351. The van der Waals surface area contributed by atoms with Gasteiger partial charge in [0, 0.05) is 13.7 Å². The Balaban J connectivity index is 2.42. The lowest BCUT2D eigenvalue weighted by atomic mass is 10.2. The Morgan fingerprint density at radius 2 is 2.10 bits per heavy atom. The average Bonchev–Trinajstić information content (AvgIpc) is 2.45. The second-order valence-corrected chi connectivity index (χ2v) is 5.01. The van der Waals surface area contributed by atoms with Crippen molar-refractivity contribution in [3.05, 3.63) is 28.8 Å². The minimum Gasteiger partial charge on any atom is -0.380 e. The number of nitrogens with one attached hydrogen (secondary N) is 2. The topological polar surface area (TPSA) is 93.4 Å². The monoisotopic (exact) mass is 313 g/mol. The molecule has 1 atom stereocenters. The third-order valence-corrected chi connectivity index (χ3v) is 3.17. The van der Waals surface area contributed by atoms with E-state index < -0.39 is 0 Å². The Morgan fingerprint density at radius 3 is 2.67 bits per heavy atom. The number of anilines is 1. The predicted octanol–water partition coefficient (Wildman–Crippen LogP) is 1.07. The molecule has 116 valence electrons. The maximum Gasteiger partial charge on any atom is 0.243 e. The molecule has 1 rings (SSSR count). The lowest BCUT2D eigenvalue weighted by Gasteiger charge is -2.13. The number of rotatable bonds is 7. The predicted molar refractivity (Wildman–Crippen MR) is 82.3 cm³/mol. The first-order chi connectivity index (χ1) is 9.96. The van der Waals surface area contributed by atoms with E-state index in [0.717, 1.165) is 5.56 Å². The highest BCUT2D eigenvalue weighted by atomic mass is 35.5. The van der Waals surface area contributed by atoms with E-state index in [1.807, 2.05) is 13.0 Å². The fraction of sp³-hybridized carbons (Fsp3) is 0.429. The zero-order valence-corrected chi connectivity index (χ0v) is 12.9.